The summed E-state index contributed by atoms with van der Waals surface area (Å²) in [6.45, 7) is 2.98. The Labute approximate surface area is 182 Å². The number of hydrogen-bond donors (Lipinski definition) is 1. The first-order valence-corrected chi connectivity index (χ1v) is 12.6. The van der Waals surface area contributed by atoms with Crippen LogP contribution in [-0.2, 0) is 19.4 Å². The summed E-state index contributed by atoms with van der Waals surface area (Å²) in [7, 11) is -2.92. The summed E-state index contributed by atoms with van der Waals surface area (Å²) >= 11 is 0. The van der Waals surface area contributed by atoms with Crippen LogP contribution >= 0.6 is 0 Å². The molecule has 1 atom stereocenters. The lowest BCUT2D eigenvalue weighted by molar-refractivity contribution is -0.132. The molecule has 3 heterocycles. The van der Waals surface area contributed by atoms with Crippen molar-refractivity contribution in [3.05, 3.63) is 29.8 Å². The fourth-order valence-electron chi connectivity index (χ4n) is 4.48. The van der Waals surface area contributed by atoms with Crippen molar-refractivity contribution < 1.29 is 22.8 Å². The molecule has 0 radical (unpaired) electrons. The number of rotatable bonds is 5. The highest BCUT2D eigenvalue weighted by molar-refractivity contribution is 7.91. The maximum Gasteiger partial charge on any atom is 0.251 e. The first kappa shape index (κ1) is 21.8. The quantitative estimate of drug-likeness (QED) is 0.673. The fourth-order valence-corrected chi connectivity index (χ4v) is 6.25. The molecule has 0 aromatic heterocycles. The number of nitrogens with zero attached hydrogens (tertiary/aromatic N) is 3. The molecule has 1 aromatic rings. The molecule has 3 saturated heterocycles. The van der Waals surface area contributed by atoms with E-state index in [2.05, 4.69) is 10.2 Å². The SMILES string of the molecule is O=C(NCC(=O)N1CCN(C2CCS(=O)(=O)C2)CC1)c1ccc(N2CCCC2=O)cc1. The smallest absolute Gasteiger partial charge is 0.251 e. The van der Waals surface area contributed by atoms with Crippen LogP contribution in [0, 0.1) is 0 Å². The number of anilines is 1. The van der Waals surface area contributed by atoms with Gasteiger partial charge in [-0.1, -0.05) is 0 Å². The van der Waals surface area contributed by atoms with Gasteiger partial charge in [-0.15, -0.1) is 0 Å². The van der Waals surface area contributed by atoms with Crippen molar-refractivity contribution in [1.82, 2.24) is 15.1 Å². The zero-order chi connectivity index (χ0) is 22.0. The van der Waals surface area contributed by atoms with E-state index < -0.39 is 9.84 Å². The predicted octanol–water partition coefficient (Wildman–Crippen LogP) is -0.125. The molecular formula is C21H28N4O5S. The number of sulfone groups is 1. The molecule has 0 aliphatic carbocycles. The topological polar surface area (TPSA) is 107 Å². The third kappa shape index (κ3) is 5.07. The molecule has 10 heteroatoms. The van der Waals surface area contributed by atoms with Gasteiger partial charge in [-0.25, -0.2) is 8.42 Å². The van der Waals surface area contributed by atoms with E-state index in [4.69, 9.17) is 0 Å². The van der Waals surface area contributed by atoms with E-state index in [9.17, 15) is 22.8 Å². The van der Waals surface area contributed by atoms with Crippen LogP contribution in [0.4, 0.5) is 5.69 Å². The van der Waals surface area contributed by atoms with Crippen molar-refractivity contribution in [3.63, 3.8) is 0 Å². The lowest BCUT2D eigenvalue weighted by atomic mass is 10.1. The van der Waals surface area contributed by atoms with Gasteiger partial charge in [0, 0.05) is 56.4 Å². The highest BCUT2D eigenvalue weighted by atomic mass is 32.2. The summed E-state index contributed by atoms with van der Waals surface area (Å²) in [5, 5.41) is 2.67. The number of carbonyl (C=O) groups is 3. The summed E-state index contributed by atoms with van der Waals surface area (Å²) in [4.78, 5) is 42.3. The van der Waals surface area contributed by atoms with Crippen LogP contribution in [0.1, 0.15) is 29.6 Å². The second-order valence-electron chi connectivity index (χ2n) is 8.35. The van der Waals surface area contributed by atoms with E-state index in [1.165, 1.54) is 0 Å². The molecule has 31 heavy (non-hydrogen) atoms. The standard InChI is InChI=1S/C21H28N4O5S/c26-19-2-1-8-25(19)17-5-3-16(4-6-17)21(28)22-14-20(27)24-11-9-23(10-12-24)18-7-13-31(29,30)15-18/h3-6,18H,1-2,7-15H2,(H,22,28). The molecular weight excluding hydrogens is 420 g/mol. The average molecular weight is 449 g/mol. The zero-order valence-corrected chi connectivity index (χ0v) is 18.3. The molecule has 1 N–H and O–H groups in total. The fraction of sp³-hybridized carbons (Fsp3) is 0.571. The number of benzene rings is 1. The summed E-state index contributed by atoms with van der Waals surface area (Å²) in [5.74, 6) is 0.0751. The van der Waals surface area contributed by atoms with Gasteiger partial charge in [0.05, 0.1) is 18.1 Å². The number of nitrogens with one attached hydrogen (secondary N) is 1. The van der Waals surface area contributed by atoms with Gasteiger partial charge >= 0.3 is 0 Å². The Kier molecular flexibility index (Phi) is 6.29. The lowest BCUT2D eigenvalue weighted by Gasteiger charge is -2.37. The van der Waals surface area contributed by atoms with Crippen molar-refractivity contribution in [1.29, 1.82) is 0 Å². The first-order chi connectivity index (χ1) is 14.8. The van der Waals surface area contributed by atoms with E-state index in [1.807, 2.05) is 0 Å². The molecule has 3 amide bonds. The molecule has 0 saturated carbocycles. The molecule has 0 spiro atoms. The third-order valence-electron chi connectivity index (χ3n) is 6.31. The van der Waals surface area contributed by atoms with Gasteiger partial charge in [0.25, 0.3) is 5.91 Å². The molecule has 9 nitrogen and oxygen atoms in total. The van der Waals surface area contributed by atoms with E-state index >= 15 is 0 Å². The van der Waals surface area contributed by atoms with Crippen molar-refractivity contribution >= 4 is 33.2 Å². The minimum absolute atomic E-state index is 0.0563. The second kappa shape index (κ2) is 8.96. The maximum absolute atomic E-state index is 12.5. The Morgan fingerprint density at radius 3 is 2.32 bits per heavy atom. The molecule has 3 aliphatic rings. The Morgan fingerprint density at radius 2 is 1.74 bits per heavy atom. The Bertz CT molecular complexity index is 954. The van der Waals surface area contributed by atoms with Crippen molar-refractivity contribution in [3.8, 4) is 0 Å². The highest BCUT2D eigenvalue weighted by Crippen LogP contribution is 2.22. The number of piperazine rings is 1. The van der Waals surface area contributed by atoms with Gasteiger partial charge < -0.3 is 15.1 Å². The Balaban J connectivity index is 1.23. The number of amides is 3. The molecule has 4 rings (SSSR count). The summed E-state index contributed by atoms with van der Waals surface area (Å²) in [6, 6.07) is 6.88. The zero-order valence-electron chi connectivity index (χ0n) is 17.5. The van der Waals surface area contributed by atoms with Crippen LogP contribution in [-0.4, -0.2) is 92.8 Å². The Morgan fingerprint density at radius 1 is 1.03 bits per heavy atom. The molecule has 3 fully saturated rings. The lowest BCUT2D eigenvalue weighted by Crippen LogP contribution is -2.53. The van der Waals surface area contributed by atoms with Crippen molar-refractivity contribution in [2.45, 2.75) is 25.3 Å². The third-order valence-corrected chi connectivity index (χ3v) is 8.06. The maximum atomic E-state index is 12.5. The van der Waals surface area contributed by atoms with Gasteiger partial charge in [-0.05, 0) is 37.1 Å². The highest BCUT2D eigenvalue weighted by Gasteiger charge is 2.34. The Hall–Kier alpha value is -2.46. The van der Waals surface area contributed by atoms with Gasteiger partial charge in [-0.3, -0.25) is 19.3 Å². The molecule has 1 aromatic carbocycles. The molecule has 1 unspecified atom stereocenters. The largest absolute Gasteiger partial charge is 0.343 e. The van der Waals surface area contributed by atoms with Crippen LogP contribution in [0.15, 0.2) is 24.3 Å². The minimum atomic E-state index is -2.92. The van der Waals surface area contributed by atoms with E-state index in [1.54, 1.807) is 34.1 Å². The van der Waals surface area contributed by atoms with Gasteiger partial charge in [0.1, 0.15) is 0 Å². The van der Waals surface area contributed by atoms with Crippen LogP contribution in [0.2, 0.25) is 0 Å². The summed E-state index contributed by atoms with van der Waals surface area (Å²) in [6.07, 6.45) is 2.06. The van der Waals surface area contributed by atoms with Gasteiger partial charge in [0.15, 0.2) is 9.84 Å². The summed E-state index contributed by atoms with van der Waals surface area (Å²) < 4.78 is 23.3. The van der Waals surface area contributed by atoms with E-state index in [0.717, 1.165) is 12.1 Å². The minimum Gasteiger partial charge on any atom is -0.343 e. The normalized spacial score (nSPS) is 23.9. The molecule has 0 bridgehead atoms. The van der Waals surface area contributed by atoms with E-state index in [0.29, 0.717) is 51.1 Å². The monoisotopic (exact) mass is 448 g/mol. The van der Waals surface area contributed by atoms with Crippen molar-refractivity contribution in [2.24, 2.45) is 0 Å². The van der Waals surface area contributed by atoms with Gasteiger partial charge in [0.2, 0.25) is 11.8 Å². The van der Waals surface area contributed by atoms with Crippen LogP contribution < -0.4 is 10.2 Å². The number of carbonyl (C=O) groups excluding carboxylic acids is 3. The average Bonchev–Trinajstić information content (AvgIpc) is 3.36. The predicted molar refractivity (Wildman–Crippen MR) is 116 cm³/mol. The number of hydrogen-bond acceptors (Lipinski definition) is 6. The van der Waals surface area contributed by atoms with E-state index in [-0.39, 0.29) is 41.8 Å². The van der Waals surface area contributed by atoms with Crippen LogP contribution in [0.25, 0.3) is 0 Å². The molecule has 3 aliphatic heterocycles. The van der Waals surface area contributed by atoms with Gasteiger partial charge in [-0.2, -0.15) is 0 Å². The second-order valence-corrected chi connectivity index (χ2v) is 10.6. The molecule has 168 valence electrons. The van der Waals surface area contributed by atoms with Crippen LogP contribution in [0.3, 0.4) is 0 Å². The first-order valence-electron chi connectivity index (χ1n) is 10.7. The van der Waals surface area contributed by atoms with Crippen LogP contribution in [0.5, 0.6) is 0 Å². The summed E-state index contributed by atoms with van der Waals surface area (Å²) in [5.41, 5.74) is 1.22. The van der Waals surface area contributed by atoms with Crippen molar-refractivity contribution in [2.75, 3.05) is 55.7 Å².